The molecule has 0 atom stereocenters. The number of carbonyl (C=O) groups excluding carboxylic acids is 1. The molecule has 3 aromatic carbocycles. The number of amides is 1. The summed E-state index contributed by atoms with van der Waals surface area (Å²) in [4.78, 5) is 19.4. The van der Waals surface area contributed by atoms with Gasteiger partial charge < -0.3 is 4.74 Å². The zero-order valence-electron chi connectivity index (χ0n) is 15.8. The lowest BCUT2D eigenvalue weighted by molar-refractivity contribution is -0.120. The molecule has 4 rings (SSSR count). The van der Waals surface area contributed by atoms with E-state index in [1.54, 1.807) is 11.0 Å². The van der Waals surface area contributed by atoms with Gasteiger partial charge in [-0.05, 0) is 42.8 Å². The van der Waals surface area contributed by atoms with Crippen molar-refractivity contribution < 1.29 is 9.53 Å². The smallest absolute Gasteiger partial charge is 0.267 e. The van der Waals surface area contributed by atoms with Crippen LogP contribution in [0.5, 0.6) is 5.75 Å². The van der Waals surface area contributed by atoms with Crippen LogP contribution in [-0.4, -0.2) is 17.5 Å². The minimum Gasteiger partial charge on any atom is -0.484 e. The fourth-order valence-electron chi connectivity index (χ4n) is 2.89. The molecule has 0 saturated heterocycles. The normalized spacial score (nSPS) is 10.8. The first-order valence-corrected chi connectivity index (χ1v) is 10.4. The third-order valence-corrected chi connectivity index (χ3v) is 5.71. The van der Waals surface area contributed by atoms with Crippen molar-refractivity contribution in [1.29, 1.82) is 0 Å². The Hall–Kier alpha value is -2.89. The first-order chi connectivity index (χ1) is 14.1. The first kappa shape index (κ1) is 19.4. The quantitative estimate of drug-likeness (QED) is 0.390. The Kier molecular flexibility index (Phi) is 5.79. The molecule has 6 heteroatoms. The van der Waals surface area contributed by atoms with E-state index in [1.807, 2.05) is 73.7 Å². The van der Waals surface area contributed by atoms with E-state index in [2.05, 4.69) is 4.98 Å². The number of halogens is 1. The molecule has 0 spiro atoms. The molecule has 0 aliphatic rings. The number of hydrogen-bond donors (Lipinski definition) is 0. The molecule has 0 saturated carbocycles. The molecule has 146 valence electrons. The second-order valence-electron chi connectivity index (χ2n) is 6.68. The van der Waals surface area contributed by atoms with Gasteiger partial charge in [0.15, 0.2) is 11.7 Å². The van der Waals surface area contributed by atoms with E-state index in [9.17, 15) is 4.79 Å². The fourth-order valence-corrected chi connectivity index (χ4v) is 4.15. The maximum absolute atomic E-state index is 13.1. The lowest BCUT2D eigenvalue weighted by Gasteiger charge is -2.20. The molecule has 4 nitrogen and oxygen atoms in total. The molecule has 0 unspecified atom stereocenters. The van der Waals surface area contributed by atoms with Crippen LogP contribution in [0.3, 0.4) is 0 Å². The van der Waals surface area contributed by atoms with Gasteiger partial charge in [-0.3, -0.25) is 9.69 Å². The van der Waals surface area contributed by atoms with E-state index in [-0.39, 0.29) is 12.5 Å². The van der Waals surface area contributed by atoms with Gasteiger partial charge in [-0.15, -0.1) is 0 Å². The molecular weight excluding hydrogens is 404 g/mol. The molecule has 0 aliphatic carbocycles. The number of thiazole rings is 1. The molecule has 1 heterocycles. The van der Waals surface area contributed by atoms with Gasteiger partial charge in [0, 0.05) is 5.02 Å². The summed E-state index contributed by atoms with van der Waals surface area (Å²) in [6, 6.07) is 23.0. The highest BCUT2D eigenvalue weighted by atomic mass is 35.5. The van der Waals surface area contributed by atoms with Crippen molar-refractivity contribution in [2.24, 2.45) is 0 Å². The number of anilines is 1. The molecule has 0 N–H and O–H groups in total. The number of rotatable bonds is 6. The molecule has 0 fully saturated rings. The van der Waals surface area contributed by atoms with Crippen molar-refractivity contribution in [1.82, 2.24) is 4.98 Å². The second-order valence-corrected chi connectivity index (χ2v) is 8.12. The number of ether oxygens (including phenoxy) is 1. The lowest BCUT2D eigenvalue weighted by atomic mass is 10.2. The van der Waals surface area contributed by atoms with Crippen molar-refractivity contribution in [2.75, 3.05) is 11.5 Å². The molecule has 0 bridgehead atoms. The van der Waals surface area contributed by atoms with Gasteiger partial charge in [-0.25, -0.2) is 4.98 Å². The minimum absolute atomic E-state index is 0.0629. The second kappa shape index (κ2) is 8.64. The summed E-state index contributed by atoms with van der Waals surface area (Å²) >= 11 is 7.55. The van der Waals surface area contributed by atoms with E-state index < -0.39 is 0 Å². The third-order valence-electron chi connectivity index (χ3n) is 4.44. The average Bonchev–Trinajstić information content (AvgIpc) is 3.15. The van der Waals surface area contributed by atoms with Crippen molar-refractivity contribution in [3.8, 4) is 5.75 Å². The molecule has 4 aromatic rings. The van der Waals surface area contributed by atoms with E-state index in [0.717, 1.165) is 21.3 Å². The molecule has 1 aromatic heterocycles. The number of aryl methyl sites for hydroxylation is 1. The van der Waals surface area contributed by atoms with Crippen LogP contribution in [0.1, 0.15) is 11.1 Å². The summed E-state index contributed by atoms with van der Waals surface area (Å²) in [5.74, 6) is 0.513. The highest BCUT2D eigenvalue weighted by molar-refractivity contribution is 7.22. The molecule has 0 radical (unpaired) electrons. The monoisotopic (exact) mass is 422 g/mol. The number of nitrogens with zero attached hydrogens (tertiary/aromatic N) is 2. The Labute approximate surface area is 178 Å². The number of benzene rings is 3. The lowest BCUT2D eigenvalue weighted by Crippen LogP contribution is -2.34. The SMILES string of the molecule is Cc1ccc(OCC(=O)N(Cc2ccccc2)c2nc3ccc(Cl)cc3s2)cc1. The highest BCUT2D eigenvalue weighted by Gasteiger charge is 2.21. The van der Waals surface area contributed by atoms with Gasteiger partial charge in [-0.1, -0.05) is 71.0 Å². The van der Waals surface area contributed by atoms with Gasteiger partial charge in [0.1, 0.15) is 5.75 Å². The summed E-state index contributed by atoms with van der Waals surface area (Å²) in [6.45, 7) is 2.37. The Morgan fingerprint density at radius 1 is 1.07 bits per heavy atom. The fraction of sp³-hybridized carbons (Fsp3) is 0.130. The summed E-state index contributed by atoms with van der Waals surface area (Å²) in [6.07, 6.45) is 0. The van der Waals surface area contributed by atoms with Crippen LogP contribution in [0.25, 0.3) is 10.2 Å². The minimum atomic E-state index is -0.153. The summed E-state index contributed by atoms with van der Waals surface area (Å²) in [5, 5.41) is 1.28. The van der Waals surface area contributed by atoms with Gasteiger partial charge in [-0.2, -0.15) is 0 Å². The van der Waals surface area contributed by atoms with Crippen LogP contribution in [0.2, 0.25) is 5.02 Å². The maximum atomic E-state index is 13.1. The van der Waals surface area contributed by atoms with Gasteiger partial charge in [0.2, 0.25) is 0 Å². The van der Waals surface area contributed by atoms with Crippen molar-refractivity contribution >= 4 is 44.2 Å². The van der Waals surface area contributed by atoms with E-state index in [4.69, 9.17) is 16.3 Å². The maximum Gasteiger partial charge on any atom is 0.267 e. The van der Waals surface area contributed by atoms with Crippen LogP contribution in [0.15, 0.2) is 72.8 Å². The van der Waals surface area contributed by atoms with E-state index in [1.165, 1.54) is 11.3 Å². The molecule has 29 heavy (non-hydrogen) atoms. The average molecular weight is 423 g/mol. The largest absolute Gasteiger partial charge is 0.484 e. The van der Waals surface area contributed by atoms with Crippen LogP contribution < -0.4 is 9.64 Å². The topological polar surface area (TPSA) is 42.4 Å². The number of hydrogen-bond acceptors (Lipinski definition) is 4. The Bertz CT molecular complexity index is 1130. The third kappa shape index (κ3) is 4.75. The van der Waals surface area contributed by atoms with Gasteiger partial charge in [0.05, 0.1) is 16.8 Å². The highest BCUT2D eigenvalue weighted by Crippen LogP contribution is 2.31. The number of aromatic nitrogens is 1. The van der Waals surface area contributed by atoms with Crippen molar-refractivity contribution in [2.45, 2.75) is 13.5 Å². The summed E-state index contributed by atoms with van der Waals surface area (Å²) in [7, 11) is 0. The number of fused-ring (bicyclic) bond motifs is 1. The van der Waals surface area contributed by atoms with Gasteiger partial charge >= 0.3 is 0 Å². The number of carbonyl (C=O) groups is 1. The summed E-state index contributed by atoms with van der Waals surface area (Å²) < 4.78 is 6.66. The zero-order chi connectivity index (χ0) is 20.2. The predicted molar refractivity (Wildman–Crippen MR) is 119 cm³/mol. The molecule has 0 aliphatic heterocycles. The molecular formula is C23H19ClN2O2S. The van der Waals surface area contributed by atoms with Crippen molar-refractivity contribution in [3.05, 3.63) is 88.9 Å². The Morgan fingerprint density at radius 3 is 2.59 bits per heavy atom. The van der Waals surface area contributed by atoms with Gasteiger partial charge in [0.25, 0.3) is 5.91 Å². The predicted octanol–water partition coefficient (Wildman–Crippen LogP) is 5.87. The Balaban J connectivity index is 1.59. The Morgan fingerprint density at radius 2 is 1.83 bits per heavy atom. The van der Waals surface area contributed by atoms with E-state index >= 15 is 0 Å². The molecule has 1 amide bonds. The van der Waals surface area contributed by atoms with Crippen molar-refractivity contribution in [3.63, 3.8) is 0 Å². The standard InChI is InChI=1S/C23H19ClN2O2S/c1-16-7-10-19(11-8-16)28-15-22(27)26(14-17-5-3-2-4-6-17)23-25-20-12-9-18(24)13-21(20)29-23/h2-13H,14-15H2,1H3. The van der Waals surface area contributed by atoms with Crippen LogP contribution in [0, 0.1) is 6.92 Å². The van der Waals surface area contributed by atoms with Crippen LogP contribution >= 0.6 is 22.9 Å². The first-order valence-electron chi connectivity index (χ1n) is 9.18. The van der Waals surface area contributed by atoms with Crippen LogP contribution in [-0.2, 0) is 11.3 Å². The summed E-state index contributed by atoms with van der Waals surface area (Å²) in [5.41, 5.74) is 2.98. The van der Waals surface area contributed by atoms with E-state index in [0.29, 0.717) is 22.4 Å². The zero-order valence-corrected chi connectivity index (χ0v) is 17.4. The van der Waals surface area contributed by atoms with Crippen LogP contribution in [0.4, 0.5) is 5.13 Å².